The smallest absolute Gasteiger partial charge is 0.0425 e. The van der Waals surface area contributed by atoms with Gasteiger partial charge in [0.25, 0.3) is 0 Å². The first-order valence-corrected chi connectivity index (χ1v) is 6.02. The van der Waals surface area contributed by atoms with Gasteiger partial charge in [-0.3, -0.25) is 0 Å². The van der Waals surface area contributed by atoms with E-state index in [1.54, 1.807) is 0 Å². The van der Waals surface area contributed by atoms with E-state index in [0.717, 1.165) is 6.54 Å². The van der Waals surface area contributed by atoms with Crippen molar-refractivity contribution in [1.29, 1.82) is 0 Å². The van der Waals surface area contributed by atoms with Crippen LogP contribution in [0.4, 0.5) is 0 Å². The maximum atomic E-state index is 5.82. The van der Waals surface area contributed by atoms with E-state index in [4.69, 9.17) is 23.2 Å². The molecule has 3 heteroatoms. The minimum Gasteiger partial charge on any atom is -0.309 e. The van der Waals surface area contributed by atoms with Crippen LogP contribution in [0.5, 0.6) is 0 Å². The molecule has 80 valence electrons. The minimum absolute atomic E-state index is 0.106. The summed E-state index contributed by atoms with van der Waals surface area (Å²) in [4.78, 5) is 0. The number of nitrogens with one attached hydrogen (secondary N) is 1. The van der Waals surface area contributed by atoms with Gasteiger partial charge in [0.15, 0.2) is 0 Å². The van der Waals surface area contributed by atoms with Gasteiger partial charge in [0, 0.05) is 17.3 Å². The molecule has 0 radical (unpaired) electrons. The van der Waals surface area contributed by atoms with Crippen molar-refractivity contribution < 1.29 is 0 Å². The molecular weight excluding hydrogens is 205 g/mol. The molecule has 0 saturated carbocycles. The van der Waals surface area contributed by atoms with Gasteiger partial charge in [0.1, 0.15) is 0 Å². The molecule has 0 aromatic rings. The van der Waals surface area contributed by atoms with E-state index in [2.05, 4.69) is 26.1 Å². The highest BCUT2D eigenvalue weighted by Gasteiger charge is 2.21. The summed E-state index contributed by atoms with van der Waals surface area (Å²) in [6.45, 7) is 7.52. The maximum Gasteiger partial charge on any atom is 0.0425 e. The number of hydrogen-bond donors (Lipinski definition) is 1. The topological polar surface area (TPSA) is 12.0 Å². The second-order valence-electron chi connectivity index (χ2n) is 4.10. The molecule has 0 rings (SSSR count). The Kier molecular flexibility index (Phi) is 7.20. The van der Waals surface area contributed by atoms with Gasteiger partial charge in [0.2, 0.25) is 0 Å². The van der Waals surface area contributed by atoms with E-state index in [-0.39, 0.29) is 5.54 Å². The van der Waals surface area contributed by atoms with E-state index >= 15 is 0 Å². The van der Waals surface area contributed by atoms with Gasteiger partial charge < -0.3 is 5.32 Å². The molecule has 13 heavy (non-hydrogen) atoms. The van der Waals surface area contributed by atoms with Crippen molar-refractivity contribution in [3.8, 4) is 0 Å². The Morgan fingerprint density at radius 3 is 2.23 bits per heavy atom. The fourth-order valence-electron chi connectivity index (χ4n) is 1.15. The number of halogens is 2. The monoisotopic (exact) mass is 225 g/mol. The van der Waals surface area contributed by atoms with Gasteiger partial charge in [-0.25, -0.2) is 0 Å². The summed E-state index contributed by atoms with van der Waals surface area (Å²) in [7, 11) is 0. The Morgan fingerprint density at radius 1 is 1.31 bits per heavy atom. The third kappa shape index (κ3) is 5.77. The SMILES string of the molecule is CCCC(C)CNC(C)(CCl)CCl. The maximum absolute atomic E-state index is 5.82. The third-order valence-corrected chi connectivity index (χ3v) is 3.43. The molecule has 0 aromatic carbocycles. The zero-order chi connectivity index (χ0) is 10.3. The first-order chi connectivity index (χ1) is 6.08. The van der Waals surface area contributed by atoms with Crippen LogP contribution in [0.3, 0.4) is 0 Å². The normalized spacial score (nSPS) is 14.5. The molecule has 0 heterocycles. The van der Waals surface area contributed by atoms with Crippen LogP contribution in [0.1, 0.15) is 33.6 Å². The Morgan fingerprint density at radius 2 is 1.85 bits per heavy atom. The van der Waals surface area contributed by atoms with Gasteiger partial charge in [-0.05, 0) is 25.8 Å². The van der Waals surface area contributed by atoms with Crippen LogP contribution in [0.15, 0.2) is 0 Å². The van der Waals surface area contributed by atoms with E-state index in [9.17, 15) is 0 Å². The average Bonchev–Trinajstić information content (AvgIpc) is 2.15. The predicted octanol–water partition coefficient (Wildman–Crippen LogP) is 3.25. The average molecular weight is 226 g/mol. The van der Waals surface area contributed by atoms with Crippen LogP contribution in [0.25, 0.3) is 0 Å². The fraction of sp³-hybridized carbons (Fsp3) is 1.00. The van der Waals surface area contributed by atoms with Crippen LogP contribution in [-0.4, -0.2) is 23.8 Å². The van der Waals surface area contributed by atoms with Crippen LogP contribution in [-0.2, 0) is 0 Å². The summed E-state index contributed by atoms with van der Waals surface area (Å²) in [6, 6.07) is 0. The molecule has 0 amide bonds. The molecule has 0 saturated heterocycles. The largest absolute Gasteiger partial charge is 0.309 e. The van der Waals surface area contributed by atoms with Crippen LogP contribution < -0.4 is 5.32 Å². The predicted molar refractivity (Wildman–Crippen MR) is 61.9 cm³/mol. The third-order valence-electron chi connectivity index (χ3n) is 2.25. The molecule has 1 unspecified atom stereocenters. The molecule has 0 aromatic heterocycles. The lowest BCUT2D eigenvalue weighted by atomic mass is 10.0. The summed E-state index contributed by atoms with van der Waals surface area (Å²) in [5, 5.41) is 3.42. The van der Waals surface area contributed by atoms with Gasteiger partial charge in [-0.2, -0.15) is 0 Å². The van der Waals surface area contributed by atoms with Crippen molar-refractivity contribution in [2.24, 2.45) is 5.92 Å². The molecular formula is C10H21Cl2N. The lowest BCUT2D eigenvalue weighted by molar-refractivity contribution is 0.378. The van der Waals surface area contributed by atoms with E-state index in [1.165, 1.54) is 12.8 Å². The lowest BCUT2D eigenvalue weighted by Crippen LogP contribution is -2.47. The molecule has 0 spiro atoms. The Balaban J connectivity index is 3.71. The zero-order valence-electron chi connectivity index (χ0n) is 8.87. The summed E-state index contributed by atoms with van der Waals surface area (Å²) < 4.78 is 0. The molecule has 0 fully saturated rings. The number of alkyl halides is 2. The molecule has 1 N–H and O–H groups in total. The first kappa shape index (κ1) is 13.5. The van der Waals surface area contributed by atoms with E-state index < -0.39 is 0 Å². The minimum atomic E-state index is -0.106. The highest BCUT2D eigenvalue weighted by atomic mass is 35.5. The quantitative estimate of drug-likeness (QED) is 0.657. The van der Waals surface area contributed by atoms with Gasteiger partial charge >= 0.3 is 0 Å². The molecule has 1 nitrogen and oxygen atoms in total. The molecule has 0 bridgehead atoms. The summed E-state index contributed by atoms with van der Waals surface area (Å²) in [5.74, 6) is 1.83. The zero-order valence-corrected chi connectivity index (χ0v) is 10.4. The molecule has 0 aliphatic rings. The second-order valence-corrected chi connectivity index (χ2v) is 4.64. The molecule has 0 aliphatic carbocycles. The number of rotatable bonds is 7. The van der Waals surface area contributed by atoms with Crippen molar-refractivity contribution in [2.75, 3.05) is 18.3 Å². The summed E-state index contributed by atoms with van der Waals surface area (Å²) in [5.41, 5.74) is -0.106. The van der Waals surface area contributed by atoms with Crippen molar-refractivity contribution in [1.82, 2.24) is 5.32 Å². The van der Waals surface area contributed by atoms with E-state index in [1.807, 2.05) is 0 Å². The fourth-order valence-corrected chi connectivity index (χ4v) is 1.62. The van der Waals surface area contributed by atoms with Crippen molar-refractivity contribution in [2.45, 2.75) is 39.2 Å². The van der Waals surface area contributed by atoms with Crippen molar-refractivity contribution in [3.05, 3.63) is 0 Å². The summed E-state index contributed by atoms with van der Waals surface area (Å²) in [6.07, 6.45) is 2.50. The Bertz CT molecular complexity index is 124. The van der Waals surface area contributed by atoms with Gasteiger partial charge in [0.05, 0.1) is 0 Å². The first-order valence-electron chi connectivity index (χ1n) is 4.95. The second kappa shape index (κ2) is 6.92. The van der Waals surface area contributed by atoms with E-state index in [0.29, 0.717) is 17.7 Å². The van der Waals surface area contributed by atoms with Crippen LogP contribution in [0.2, 0.25) is 0 Å². The van der Waals surface area contributed by atoms with Crippen LogP contribution in [0, 0.1) is 5.92 Å². The number of hydrogen-bond acceptors (Lipinski definition) is 1. The Hall–Kier alpha value is 0.540. The highest BCUT2D eigenvalue weighted by molar-refractivity contribution is 6.22. The Labute approximate surface area is 92.2 Å². The lowest BCUT2D eigenvalue weighted by Gasteiger charge is -2.27. The molecule has 1 atom stereocenters. The van der Waals surface area contributed by atoms with Crippen molar-refractivity contribution >= 4 is 23.2 Å². The van der Waals surface area contributed by atoms with Gasteiger partial charge in [-0.1, -0.05) is 20.3 Å². The standard InChI is InChI=1S/C10H21Cl2N/c1-4-5-9(2)6-13-10(3,7-11)8-12/h9,13H,4-8H2,1-3H3. The van der Waals surface area contributed by atoms with Crippen LogP contribution >= 0.6 is 23.2 Å². The van der Waals surface area contributed by atoms with Crippen molar-refractivity contribution in [3.63, 3.8) is 0 Å². The van der Waals surface area contributed by atoms with Gasteiger partial charge in [-0.15, -0.1) is 23.2 Å². The summed E-state index contributed by atoms with van der Waals surface area (Å²) >= 11 is 11.6. The highest BCUT2D eigenvalue weighted by Crippen LogP contribution is 2.11. The molecule has 0 aliphatic heterocycles.